The van der Waals surface area contributed by atoms with Gasteiger partial charge in [0.2, 0.25) is 0 Å². The summed E-state index contributed by atoms with van der Waals surface area (Å²) in [4.78, 5) is 12.6. The van der Waals surface area contributed by atoms with Crippen LogP contribution in [0.25, 0.3) is 21.7 Å². The first kappa shape index (κ1) is 23.4. The van der Waals surface area contributed by atoms with Crippen LogP contribution in [-0.4, -0.2) is 23.3 Å². The molecule has 180 valence electrons. The Labute approximate surface area is 211 Å². The van der Waals surface area contributed by atoms with E-state index >= 15 is 0 Å². The third-order valence-corrected chi connectivity index (χ3v) is 6.44. The fraction of sp³-hybridized carbons (Fsp3) is 0.161. The van der Waals surface area contributed by atoms with Crippen molar-refractivity contribution in [2.24, 2.45) is 5.10 Å². The summed E-state index contributed by atoms with van der Waals surface area (Å²) in [5.74, 6) is 0.497. The van der Waals surface area contributed by atoms with E-state index in [1.807, 2.05) is 6.07 Å². The molecule has 1 amide bonds. The molecule has 0 saturated carbocycles. The van der Waals surface area contributed by atoms with E-state index in [9.17, 15) is 4.79 Å². The van der Waals surface area contributed by atoms with Crippen LogP contribution in [0, 0.1) is 6.92 Å². The number of carbonyl (C=O) groups excluding carboxylic acids is 1. The number of amides is 1. The van der Waals surface area contributed by atoms with Crippen molar-refractivity contribution >= 4 is 33.8 Å². The van der Waals surface area contributed by atoms with Crippen molar-refractivity contribution in [1.29, 1.82) is 0 Å². The Morgan fingerprint density at radius 3 is 2.44 bits per heavy atom. The second-order valence-corrected chi connectivity index (χ2v) is 8.81. The molecule has 36 heavy (non-hydrogen) atoms. The number of hydrogen-bond donors (Lipinski definition) is 1. The second-order valence-electron chi connectivity index (χ2n) is 8.81. The number of fused-ring (bicyclic) bond motifs is 2. The first-order valence-corrected chi connectivity index (χ1v) is 12.3. The number of benzene rings is 4. The van der Waals surface area contributed by atoms with Gasteiger partial charge in [0.25, 0.3) is 5.91 Å². The lowest BCUT2D eigenvalue weighted by Crippen LogP contribution is -2.17. The average molecular weight is 476 g/mol. The highest BCUT2D eigenvalue weighted by Gasteiger charge is 2.14. The van der Waals surface area contributed by atoms with Gasteiger partial charge in [-0.2, -0.15) is 5.10 Å². The zero-order valence-electron chi connectivity index (χ0n) is 20.6. The smallest absolute Gasteiger partial charge is 0.271 e. The summed E-state index contributed by atoms with van der Waals surface area (Å²) in [5.41, 5.74) is 7.69. The van der Waals surface area contributed by atoms with Crippen LogP contribution in [0.15, 0.2) is 96.1 Å². The van der Waals surface area contributed by atoms with E-state index < -0.39 is 0 Å². The van der Waals surface area contributed by atoms with Crippen LogP contribution in [0.4, 0.5) is 0 Å². The maximum atomic E-state index is 12.6. The van der Waals surface area contributed by atoms with Gasteiger partial charge in [-0.15, -0.1) is 0 Å². The van der Waals surface area contributed by atoms with Crippen molar-refractivity contribution in [2.45, 2.75) is 26.8 Å². The molecule has 0 bridgehead atoms. The highest BCUT2D eigenvalue weighted by atomic mass is 16.5. The molecule has 0 spiro atoms. The van der Waals surface area contributed by atoms with Gasteiger partial charge in [0, 0.05) is 34.3 Å². The van der Waals surface area contributed by atoms with Crippen molar-refractivity contribution < 1.29 is 9.53 Å². The third-order valence-electron chi connectivity index (χ3n) is 6.44. The monoisotopic (exact) mass is 475 g/mol. The van der Waals surface area contributed by atoms with Gasteiger partial charge in [0.05, 0.1) is 12.8 Å². The van der Waals surface area contributed by atoms with Crippen molar-refractivity contribution in [2.75, 3.05) is 6.61 Å². The number of carbonyl (C=O) groups is 1. The van der Waals surface area contributed by atoms with Crippen molar-refractivity contribution in [1.82, 2.24) is 9.99 Å². The summed E-state index contributed by atoms with van der Waals surface area (Å²) in [5, 5.41) is 7.89. The fourth-order valence-electron chi connectivity index (χ4n) is 4.57. The van der Waals surface area contributed by atoms with Crippen molar-refractivity contribution in [3.05, 3.63) is 113 Å². The molecule has 0 aliphatic carbocycles. The Balaban J connectivity index is 1.39. The fourth-order valence-corrected chi connectivity index (χ4v) is 4.57. The molecule has 5 heteroatoms. The predicted molar refractivity (Wildman–Crippen MR) is 147 cm³/mol. The summed E-state index contributed by atoms with van der Waals surface area (Å²) in [6.45, 7) is 5.57. The zero-order chi connectivity index (χ0) is 24.9. The maximum absolute atomic E-state index is 12.6. The standard InChI is InChI=1S/C31H29N3O2/c1-3-19-36-26-17-15-24(16-18-26)31(35)33-32-20-29-22(2)34(30-14-7-6-13-28(29)30)21-25-11-8-10-23-9-4-5-12-27(23)25/h4-18,20H,3,19,21H2,1-2H3,(H,33,35)/b32-20-. The molecular weight excluding hydrogens is 446 g/mol. The van der Waals surface area contributed by atoms with E-state index in [2.05, 4.69) is 89.6 Å². The quantitative estimate of drug-likeness (QED) is 0.200. The van der Waals surface area contributed by atoms with Crippen LogP contribution in [-0.2, 0) is 6.54 Å². The Morgan fingerprint density at radius 2 is 1.64 bits per heavy atom. The number of nitrogens with one attached hydrogen (secondary N) is 1. The minimum Gasteiger partial charge on any atom is -0.494 e. The molecule has 5 rings (SSSR count). The number of para-hydroxylation sites is 1. The highest BCUT2D eigenvalue weighted by Crippen LogP contribution is 2.27. The summed E-state index contributed by atoms with van der Waals surface area (Å²) >= 11 is 0. The number of nitrogens with zero attached hydrogens (tertiary/aromatic N) is 2. The van der Waals surface area contributed by atoms with E-state index in [4.69, 9.17) is 4.74 Å². The van der Waals surface area contributed by atoms with Gasteiger partial charge in [0.1, 0.15) is 5.75 Å². The summed E-state index contributed by atoms with van der Waals surface area (Å²) in [7, 11) is 0. The number of hydrogen-bond acceptors (Lipinski definition) is 3. The van der Waals surface area contributed by atoms with Gasteiger partial charge in [-0.1, -0.05) is 67.6 Å². The predicted octanol–water partition coefficient (Wildman–Crippen LogP) is 6.70. The Kier molecular flexibility index (Phi) is 6.80. The summed E-state index contributed by atoms with van der Waals surface area (Å²) < 4.78 is 7.90. The van der Waals surface area contributed by atoms with E-state index in [-0.39, 0.29) is 5.91 Å². The van der Waals surface area contributed by atoms with Crippen LogP contribution in [0.1, 0.15) is 40.5 Å². The lowest BCUT2D eigenvalue weighted by molar-refractivity contribution is 0.0955. The number of ether oxygens (including phenoxy) is 1. The lowest BCUT2D eigenvalue weighted by Gasteiger charge is -2.11. The SMILES string of the molecule is CCCOc1ccc(C(=O)N/N=C\c2c(C)n(Cc3cccc4ccccc34)c3ccccc23)cc1. The molecule has 0 saturated heterocycles. The van der Waals surface area contributed by atoms with E-state index in [0.29, 0.717) is 12.2 Å². The van der Waals surface area contributed by atoms with Crippen molar-refractivity contribution in [3.8, 4) is 5.75 Å². The maximum Gasteiger partial charge on any atom is 0.271 e. The van der Waals surface area contributed by atoms with E-state index in [1.165, 1.54) is 16.3 Å². The largest absolute Gasteiger partial charge is 0.494 e. The van der Waals surface area contributed by atoms with Crippen LogP contribution < -0.4 is 10.2 Å². The molecule has 1 aromatic heterocycles. The molecule has 0 aliphatic heterocycles. The molecular formula is C31H29N3O2. The molecule has 1 heterocycles. The van der Waals surface area contributed by atoms with Gasteiger partial charge < -0.3 is 9.30 Å². The Morgan fingerprint density at radius 1 is 0.917 bits per heavy atom. The first-order valence-electron chi connectivity index (χ1n) is 12.3. The number of hydrazone groups is 1. The number of rotatable bonds is 8. The Bertz CT molecular complexity index is 1540. The molecule has 1 N–H and O–H groups in total. The molecule has 0 unspecified atom stereocenters. The van der Waals surface area contributed by atoms with Crippen LogP contribution in [0.2, 0.25) is 0 Å². The molecule has 0 radical (unpaired) electrons. The lowest BCUT2D eigenvalue weighted by atomic mass is 10.0. The zero-order valence-corrected chi connectivity index (χ0v) is 20.6. The summed E-state index contributed by atoms with van der Waals surface area (Å²) in [6.07, 6.45) is 2.68. The van der Waals surface area contributed by atoms with Gasteiger partial charge in [0.15, 0.2) is 0 Å². The Hall–Kier alpha value is -4.38. The van der Waals surface area contributed by atoms with Crippen LogP contribution in [0.5, 0.6) is 5.75 Å². The topological polar surface area (TPSA) is 55.6 Å². The van der Waals surface area contributed by atoms with Gasteiger partial charge in [-0.05, 0) is 60.0 Å². The average Bonchev–Trinajstić information content (AvgIpc) is 3.18. The molecule has 0 aliphatic rings. The minimum absolute atomic E-state index is 0.259. The minimum atomic E-state index is -0.259. The first-order chi connectivity index (χ1) is 17.7. The van der Waals surface area contributed by atoms with Crippen LogP contribution in [0.3, 0.4) is 0 Å². The molecule has 4 aromatic carbocycles. The van der Waals surface area contributed by atoms with E-state index in [1.54, 1.807) is 30.5 Å². The number of aromatic nitrogens is 1. The highest BCUT2D eigenvalue weighted by molar-refractivity contribution is 6.02. The second kappa shape index (κ2) is 10.5. The van der Waals surface area contributed by atoms with Gasteiger partial charge in [-0.25, -0.2) is 5.43 Å². The van der Waals surface area contributed by atoms with Crippen LogP contribution >= 0.6 is 0 Å². The molecule has 0 atom stereocenters. The molecule has 5 aromatic rings. The van der Waals surface area contributed by atoms with Gasteiger partial charge in [-0.3, -0.25) is 4.79 Å². The summed E-state index contributed by atoms with van der Waals surface area (Å²) in [6, 6.07) is 30.3. The van der Waals surface area contributed by atoms with E-state index in [0.717, 1.165) is 40.9 Å². The normalized spacial score (nSPS) is 11.4. The molecule has 5 nitrogen and oxygen atoms in total. The molecule has 0 fully saturated rings. The van der Waals surface area contributed by atoms with Crippen molar-refractivity contribution in [3.63, 3.8) is 0 Å². The van der Waals surface area contributed by atoms with Gasteiger partial charge >= 0.3 is 0 Å². The third kappa shape index (κ3) is 4.73.